The average molecular weight is 453 g/mol. The van der Waals surface area contributed by atoms with Crippen molar-refractivity contribution in [1.82, 2.24) is 16.0 Å². The number of carbonyl (C=O) groups excluding carboxylic acids is 4. The van der Waals surface area contributed by atoms with E-state index in [2.05, 4.69) is 10.6 Å². The summed E-state index contributed by atoms with van der Waals surface area (Å²) in [5, 5.41) is 33.7. The number of nitrogens with one attached hydrogen (secondary N) is 3. The molecule has 0 saturated carbocycles. The van der Waals surface area contributed by atoms with E-state index in [0.29, 0.717) is 0 Å². The summed E-state index contributed by atoms with van der Waals surface area (Å²) in [6.07, 6.45) is -0.536. The molecule has 0 radical (unpaired) electrons. The van der Waals surface area contributed by atoms with Crippen molar-refractivity contribution in [3.63, 3.8) is 0 Å². The minimum Gasteiger partial charge on any atom is -0.480 e. The van der Waals surface area contributed by atoms with Gasteiger partial charge in [0.25, 0.3) is 0 Å². The summed E-state index contributed by atoms with van der Waals surface area (Å²) in [4.78, 5) is 59.2. The van der Waals surface area contributed by atoms with Crippen LogP contribution in [0.4, 0.5) is 0 Å². The van der Waals surface area contributed by atoms with Gasteiger partial charge >= 0.3 is 5.97 Å². The molecule has 0 aromatic heterocycles. The molecule has 4 atom stereocenters. The van der Waals surface area contributed by atoms with Gasteiger partial charge in [-0.25, -0.2) is 4.79 Å². The molecule has 4 unspecified atom stereocenters. The van der Waals surface area contributed by atoms with E-state index in [1.54, 1.807) is 30.3 Å². The summed E-state index contributed by atoms with van der Waals surface area (Å²) in [6.45, 7) is -1.79. The van der Waals surface area contributed by atoms with Crippen LogP contribution in [-0.4, -0.2) is 82.3 Å². The quantitative estimate of drug-likeness (QED) is 0.145. The van der Waals surface area contributed by atoms with Gasteiger partial charge in [-0.15, -0.1) is 0 Å². The Hall–Kier alpha value is -3.55. The molecule has 0 fully saturated rings. The molecule has 0 aliphatic carbocycles. The van der Waals surface area contributed by atoms with E-state index >= 15 is 0 Å². The third-order valence-electron chi connectivity index (χ3n) is 4.29. The maximum absolute atomic E-state index is 12.5. The number of rotatable bonds is 13. The first kappa shape index (κ1) is 26.5. The second kappa shape index (κ2) is 13.0. The molecule has 1 rings (SSSR count). The van der Waals surface area contributed by atoms with Crippen LogP contribution < -0.4 is 27.4 Å². The van der Waals surface area contributed by atoms with Crippen molar-refractivity contribution < 1.29 is 39.3 Å². The van der Waals surface area contributed by atoms with Crippen LogP contribution >= 0.6 is 0 Å². The van der Waals surface area contributed by atoms with Gasteiger partial charge in [0.1, 0.15) is 18.1 Å². The summed E-state index contributed by atoms with van der Waals surface area (Å²) >= 11 is 0. The second-order valence-electron chi connectivity index (χ2n) is 6.85. The molecule has 176 valence electrons. The number of carboxylic acid groups (broad SMARTS) is 1. The van der Waals surface area contributed by atoms with Gasteiger partial charge in [-0.3, -0.25) is 19.2 Å². The number of aliphatic carboxylic acids is 1. The van der Waals surface area contributed by atoms with Crippen molar-refractivity contribution in [3.05, 3.63) is 35.9 Å². The molecule has 0 aliphatic rings. The number of aliphatic hydroxyl groups is 2. The second-order valence-corrected chi connectivity index (χ2v) is 6.85. The Labute approximate surface area is 183 Å². The molecule has 1 aromatic rings. The number of nitrogens with two attached hydrogens (primary N) is 2. The highest BCUT2D eigenvalue weighted by molar-refractivity contribution is 5.96. The zero-order valence-electron chi connectivity index (χ0n) is 17.1. The van der Waals surface area contributed by atoms with Gasteiger partial charge in [0.2, 0.25) is 23.6 Å². The lowest BCUT2D eigenvalue weighted by Gasteiger charge is -2.23. The molecule has 13 heteroatoms. The minimum absolute atomic E-state index is 0.164. The number of hydrogen-bond donors (Lipinski definition) is 8. The van der Waals surface area contributed by atoms with Gasteiger partial charge in [0, 0.05) is 0 Å². The highest BCUT2D eigenvalue weighted by Gasteiger charge is 2.30. The van der Waals surface area contributed by atoms with Crippen LogP contribution in [0, 0.1) is 0 Å². The maximum atomic E-state index is 12.5. The fourth-order valence-corrected chi connectivity index (χ4v) is 2.57. The number of carboxylic acids is 1. The Morgan fingerprint density at radius 3 is 1.81 bits per heavy atom. The van der Waals surface area contributed by atoms with E-state index in [1.807, 2.05) is 5.32 Å². The van der Waals surface area contributed by atoms with E-state index in [0.717, 1.165) is 5.56 Å². The third kappa shape index (κ3) is 8.67. The smallest absolute Gasteiger partial charge is 0.328 e. The summed E-state index contributed by atoms with van der Waals surface area (Å²) in [7, 11) is 0. The number of benzene rings is 1. The summed E-state index contributed by atoms with van der Waals surface area (Å²) in [5.41, 5.74) is 11.7. The molecule has 0 spiro atoms. The van der Waals surface area contributed by atoms with Gasteiger partial charge in [-0.1, -0.05) is 30.3 Å². The monoisotopic (exact) mass is 453 g/mol. The van der Waals surface area contributed by atoms with Crippen molar-refractivity contribution in [2.24, 2.45) is 11.5 Å². The standard InChI is InChI=1S/C19H27N5O8/c20-11(6-10-4-2-1-3-5-10)16(28)23-13(8-25)18(30)22-12(7-15(21)27)17(29)24-14(9-26)19(31)32/h1-5,11-14,25-26H,6-9,20H2,(H2,21,27)(H,22,30)(H,23,28)(H,24,29)(H,31,32). The fourth-order valence-electron chi connectivity index (χ4n) is 2.57. The Morgan fingerprint density at radius 1 is 0.812 bits per heavy atom. The number of aliphatic hydroxyl groups excluding tert-OH is 2. The highest BCUT2D eigenvalue weighted by Crippen LogP contribution is 2.03. The molecule has 4 amide bonds. The lowest BCUT2D eigenvalue weighted by molar-refractivity contribution is -0.143. The number of hydrogen-bond acceptors (Lipinski definition) is 8. The van der Waals surface area contributed by atoms with Crippen molar-refractivity contribution in [3.8, 4) is 0 Å². The first-order chi connectivity index (χ1) is 15.1. The number of carbonyl (C=O) groups is 5. The Kier molecular flexibility index (Phi) is 10.8. The molecule has 0 bridgehead atoms. The number of amides is 4. The molecule has 0 heterocycles. The average Bonchev–Trinajstić information content (AvgIpc) is 2.74. The fraction of sp³-hybridized carbons (Fsp3) is 0.421. The van der Waals surface area contributed by atoms with Gasteiger partial charge in [-0.2, -0.15) is 0 Å². The molecule has 1 aromatic carbocycles. The van der Waals surface area contributed by atoms with Crippen LogP contribution in [0.15, 0.2) is 30.3 Å². The molecular weight excluding hydrogens is 426 g/mol. The van der Waals surface area contributed by atoms with Gasteiger partial charge < -0.3 is 42.7 Å². The lowest BCUT2D eigenvalue weighted by atomic mass is 10.1. The van der Waals surface area contributed by atoms with Crippen LogP contribution in [0.3, 0.4) is 0 Å². The van der Waals surface area contributed by atoms with Gasteiger partial charge in [-0.05, 0) is 12.0 Å². The summed E-state index contributed by atoms with van der Waals surface area (Å²) < 4.78 is 0. The van der Waals surface area contributed by atoms with Crippen molar-refractivity contribution in [2.75, 3.05) is 13.2 Å². The lowest BCUT2D eigenvalue weighted by Crippen LogP contribution is -2.59. The van der Waals surface area contributed by atoms with E-state index < -0.39 is 73.4 Å². The Morgan fingerprint density at radius 2 is 1.31 bits per heavy atom. The summed E-state index contributed by atoms with van der Waals surface area (Å²) in [5.74, 6) is -5.42. The first-order valence-corrected chi connectivity index (χ1v) is 9.52. The summed E-state index contributed by atoms with van der Waals surface area (Å²) in [6, 6.07) is 2.99. The minimum atomic E-state index is -1.68. The molecule has 32 heavy (non-hydrogen) atoms. The molecule has 0 aliphatic heterocycles. The third-order valence-corrected chi connectivity index (χ3v) is 4.29. The highest BCUT2D eigenvalue weighted by atomic mass is 16.4. The molecule has 10 N–H and O–H groups in total. The number of primary amides is 1. The van der Waals surface area contributed by atoms with E-state index in [4.69, 9.17) is 21.7 Å². The molecule has 13 nitrogen and oxygen atoms in total. The zero-order valence-corrected chi connectivity index (χ0v) is 17.1. The van der Waals surface area contributed by atoms with Crippen LogP contribution in [0.1, 0.15) is 12.0 Å². The van der Waals surface area contributed by atoms with E-state index in [1.165, 1.54) is 0 Å². The van der Waals surface area contributed by atoms with Crippen LogP contribution in [0.5, 0.6) is 0 Å². The molecule has 0 saturated heterocycles. The van der Waals surface area contributed by atoms with E-state index in [-0.39, 0.29) is 6.42 Å². The van der Waals surface area contributed by atoms with Gasteiger partial charge in [0.15, 0.2) is 0 Å². The topological polar surface area (TPSA) is 234 Å². The van der Waals surface area contributed by atoms with Crippen LogP contribution in [0.2, 0.25) is 0 Å². The maximum Gasteiger partial charge on any atom is 0.328 e. The van der Waals surface area contributed by atoms with Crippen molar-refractivity contribution >= 4 is 29.6 Å². The SMILES string of the molecule is NC(=O)CC(NC(=O)C(CO)NC(=O)C(N)Cc1ccccc1)C(=O)NC(CO)C(=O)O. The molecular formula is C19H27N5O8. The predicted molar refractivity (Wildman–Crippen MR) is 110 cm³/mol. The van der Waals surface area contributed by atoms with Crippen molar-refractivity contribution in [1.29, 1.82) is 0 Å². The normalized spacial score (nSPS) is 14.3. The van der Waals surface area contributed by atoms with E-state index in [9.17, 15) is 29.1 Å². The largest absolute Gasteiger partial charge is 0.480 e. The van der Waals surface area contributed by atoms with Crippen LogP contribution in [0.25, 0.3) is 0 Å². The van der Waals surface area contributed by atoms with Crippen molar-refractivity contribution in [2.45, 2.75) is 37.0 Å². The Balaban J connectivity index is 2.80. The first-order valence-electron chi connectivity index (χ1n) is 9.52. The zero-order chi connectivity index (χ0) is 24.3. The Bertz CT molecular complexity index is 819. The van der Waals surface area contributed by atoms with Gasteiger partial charge in [0.05, 0.1) is 25.7 Å². The predicted octanol–water partition coefficient (Wildman–Crippen LogP) is -4.04. The van der Waals surface area contributed by atoms with Crippen LogP contribution in [-0.2, 0) is 30.4 Å².